The topological polar surface area (TPSA) is 29.5 Å². The van der Waals surface area contributed by atoms with Crippen LogP contribution in [0.4, 0.5) is 18.0 Å². The predicted molar refractivity (Wildman–Crippen MR) is 81.1 cm³/mol. The van der Waals surface area contributed by atoms with Crippen molar-refractivity contribution >= 4 is 6.09 Å². The maximum absolute atomic E-state index is 12.6. The van der Waals surface area contributed by atoms with Crippen LogP contribution in [0.15, 0.2) is 24.3 Å². The maximum Gasteiger partial charge on any atom is 0.416 e. The Balaban J connectivity index is 2.02. The summed E-state index contributed by atoms with van der Waals surface area (Å²) in [6, 6.07) is 5.11. The van der Waals surface area contributed by atoms with E-state index in [0.717, 1.165) is 30.5 Å². The van der Waals surface area contributed by atoms with Gasteiger partial charge in [0.05, 0.1) is 5.56 Å². The molecular weight excluding hydrogens is 307 g/mol. The van der Waals surface area contributed by atoms with E-state index in [-0.39, 0.29) is 12.1 Å². The van der Waals surface area contributed by atoms with Crippen molar-refractivity contribution < 1.29 is 22.7 Å². The van der Waals surface area contributed by atoms with Gasteiger partial charge in [0.25, 0.3) is 0 Å². The highest BCUT2D eigenvalue weighted by atomic mass is 19.4. The molecule has 1 unspecified atom stereocenters. The van der Waals surface area contributed by atoms with Crippen LogP contribution in [0.25, 0.3) is 0 Å². The number of rotatable bonds is 2. The molecule has 0 aliphatic carbocycles. The molecule has 0 N–H and O–H groups in total. The number of amides is 1. The lowest BCUT2D eigenvalue weighted by atomic mass is 10.0. The van der Waals surface area contributed by atoms with Crippen LogP contribution in [0.3, 0.4) is 0 Å². The highest BCUT2D eigenvalue weighted by Crippen LogP contribution is 2.30. The molecule has 128 valence electrons. The van der Waals surface area contributed by atoms with Gasteiger partial charge >= 0.3 is 12.3 Å². The van der Waals surface area contributed by atoms with Gasteiger partial charge in [0.15, 0.2) is 0 Å². The van der Waals surface area contributed by atoms with E-state index in [1.54, 1.807) is 4.90 Å². The SMILES string of the molecule is CC(C)(C)OC(=O)N1CCCC1Cc1ccc(C(F)(F)F)cc1. The van der Waals surface area contributed by atoms with Gasteiger partial charge in [-0.05, 0) is 57.7 Å². The minimum absolute atomic E-state index is 0.0263. The van der Waals surface area contributed by atoms with Gasteiger partial charge in [0.1, 0.15) is 5.60 Å². The molecule has 3 nitrogen and oxygen atoms in total. The molecule has 0 bridgehead atoms. The van der Waals surface area contributed by atoms with Gasteiger partial charge in [-0.2, -0.15) is 13.2 Å². The van der Waals surface area contributed by atoms with Crippen LogP contribution in [-0.2, 0) is 17.3 Å². The molecule has 0 aromatic heterocycles. The molecule has 2 rings (SSSR count). The fraction of sp³-hybridized carbons (Fsp3) is 0.588. The Kier molecular flexibility index (Phi) is 4.92. The minimum atomic E-state index is -4.32. The van der Waals surface area contributed by atoms with Crippen molar-refractivity contribution in [1.82, 2.24) is 4.90 Å². The summed E-state index contributed by atoms with van der Waals surface area (Å²) in [5.74, 6) is 0. The second-order valence-electron chi connectivity index (χ2n) is 6.87. The Morgan fingerprint density at radius 3 is 2.35 bits per heavy atom. The third-order valence-electron chi connectivity index (χ3n) is 3.76. The number of hydrogen-bond donors (Lipinski definition) is 0. The monoisotopic (exact) mass is 329 g/mol. The van der Waals surface area contributed by atoms with E-state index in [1.807, 2.05) is 20.8 Å². The number of nitrogens with zero attached hydrogens (tertiary/aromatic N) is 1. The number of alkyl halides is 3. The smallest absolute Gasteiger partial charge is 0.416 e. The van der Waals surface area contributed by atoms with Crippen LogP contribution in [0.2, 0.25) is 0 Å². The third-order valence-corrected chi connectivity index (χ3v) is 3.76. The van der Waals surface area contributed by atoms with Crippen LogP contribution in [-0.4, -0.2) is 29.2 Å². The zero-order chi connectivity index (χ0) is 17.3. The number of halogens is 3. The molecule has 1 aliphatic rings. The summed E-state index contributed by atoms with van der Waals surface area (Å²) in [5, 5.41) is 0. The first-order valence-electron chi connectivity index (χ1n) is 7.72. The van der Waals surface area contributed by atoms with E-state index in [2.05, 4.69) is 0 Å². The van der Waals surface area contributed by atoms with Crippen molar-refractivity contribution in [2.24, 2.45) is 0 Å². The summed E-state index contributed by atoms with van der Waals surface area (Å²) in [6.45, 7) is 6.06. The minimum Gasteiger partial charge on any atom is -0.444 e. The average molecular weight is 329 g/mol. The van der Waals surface area contributed by atoms with E-state index in [1.165, 1.54) is 12.1 Å². The lowest BCUT2D eigenvalue weighted by Gasteiger charge is -2.28. The van der Waals surface area contributed by atoms with Crippen LogP contribution in [0.1, 0.15) is 44.7 Å². The molecule has 1 heterocycles. The van der Waals surface area contributed by atoms with Gasteiger partial charge in [0.2, 0.25) is 0 Å². The molecule has 0 radical (unpaired) electrons. The zero-order valence-electron chi connectivity index (χ0n) is 13.6. The molecule has 23 heavy (non-hydrogen) atoms. The first kappa shape index (κ1) is 17.6. The van der Waals surface area contributed by atoms with Gasteiger partial charge in [-0.25, -0.2) is 4.79 Å². The Morgan fingerprint density at radius 1 is 1.22 bits per heavy atom. The Morgan fingerprint density at radius 2 is 1.83 bits per heavy atom. The van der Waals surface area contributed by atoms with Gasteiger partial charge < -0.3 is 9.64 Å². The molecule has 1 atom stereocenters. The quantitative estimate of drug-likeness (QED) is 0.790. The standard InChI is InChI=1S/C17H22F3NO2/c1-16(2,3)23-15(22)21-10-4-5-14(21)11-12-6-8-13(9-7-12)17(18,19)20/h6-9,14H,4-5,10-11H2,1-3H3. The summed E-state index contributed by atoms with van der Waals surface area (Å²) >= 11 is 0. The molecule has 1 aliphatic heterocycles. The maximum atomic E-state index is 12.6. The van der Waals surface area contributed by atoms with Gasteiger partial charge in [-0.3, -0.25) is 0 Å². The van der Waals surface area contributed by atoms with E-state index in [0.29, 0.717) is 13.0 Å². The highest BCUT2D eigenvalue weighted by molar-refractivity contribution is 5.69. The van der Waals surface area contributed by atoms with Crippen molar-refractivity contribution in [3.63, 3.8) is 0 Å². The van der Waals surface area contributed by atoms with Crippen LogP contribution >= 0.6 is 0 Å². The van der Waals surface area contributed by atoms with Gasteiger partial charge in [-0.15, -0.1) is 0 Å². The molecule has 0 saturated carbocycles. The van der Waals surface area contributed by atoms with Gasteiger partial charge in [-0.1, -0.05) is 12.1 Å². The largest absolute Gasteiger partial charge is 0.444 e. The fourth-order valence-corrected chi connectivity index (χ4v) is 2.71. The van der Waals surface area contributed by atoms with E-state index in [4.69, 9.17) is 4.74 Å². The Bertz CT molecular complexity index is 546. The fourth-order valence-electron chi connectivity index (χ4n) is 2.71. The second kappa shape index (κ2) is 6.42. The summed E-state index contributed by atoms with van der Waals surface area (Å²) in [7, 11) is 0. The van der Waals surface area contributed by atoms with Crippen LogP contribution in [0.5, 0.6) is 0 Å². The Hall–Kier alpha value is -1.72. The number of hydrogen-bond acceptors (Lipinski definition) is 2. The lowest BCUT2D eigenvalue weighted by Crippen LogP contribution is -2.40. The van der Waals surface area contributed by atoms with Crippen molar-refractivity contribution in [2.45, 2.75) is 57.9 Å². The molecule has 6 heteroatoms. The van der Waals surface area contributed by atoms with Crippen LogP contribution < -0.4 is 0 Å². The summed E-state index contributed by atoms with van der Waals surface area (Å²) in [4.78, 5) is 13.9. The molecule has 1 aromatic carbocycles. The van der Waals surface area contributed by atoms with Crippen molar-refractivity contribution in [1.29, 1.82) is 0 Å². The second-order valence-corrected chi connectivity index (χ2v) is 6.87. The van der Waals surface area contributed by atoms with Crippen molar-refractivity contribution in [2.75, 3.05) is 6.54 Å². The lowest BCUT2D eigenvalue weighted by molar-refractivity contribution is -0.137. The van der Waals surface area contributed by atoms with Crippen LogP contribution in [0, 0.1) is 0 Å². The molecule has 0 spiro atoms. The summed E-state index contributed by atoms with van der Waals surface area (Å²) in [5.41, 5.74) is -0.423. The number of ether oxygens (including phenoxy) is 1. The van der Waals surface area contributed by atoms with E-state index in [9.17, 15) is 18.0 Å². The van der Waals surface area contributed by atoms with E-state index >= 15 is 0 Å². The first-order valence-corrected chi connectivity index (χ1v) is 7.72. The third kappa shape index (κ3) is 4.88. The summed E-state index contributed by atoms with van der Waals surface area (Å²) < 4.78 is 43.1. The van der Waals surface area contributed by atoms with Crippen molar-refractivity contribution in [3.8, 4) is 0 Å². The first-order chi connectivity index (χ1) is 10.6. The predicted octanol–water partition coefficient (Wildman–Crippen LogP) is 4.65. The molecule has 1 saturated heterocycles. The zero-order valence-corrected chi connectivity index (χ0v) is 13.6. The van der Waals surface area contributed by atoms with E-state index < -0.39 is 17.3 Å². The van der Waals surface area contributed by atoms with Gasteiger partial charge in [0, 0.05) is 12.6 Å². The van der Waals surface area contributed by atoms with Crippen molar-refractivity contribution in [3.05, 3.63) is 35.4 Å². The number of benzene rings is 1. The Labute approximate surface area is 134 Å². The molecular formula is C17H22F3NO2. The normalized spacial score (nSPS) is 19.0. The average Bonchev–Trinajstić information content (AvgIpc) is 2.84. The summed E-state index contributed by atoms with van der Waals surface area (Å²) in [6.07, 6.45) is -2.43. The highest BCUT2D eigenvalue weighted by Gasteiger charge is 2.33. The number of likely N-dealkylation sites (tertiary alicyclic amines) is 1. The number of carbonyl (C=O) groups is 1. The molecule has 1 aromatic rings. The molecule has 1 amide bonds. The molecule has 1 fully saturated rings. The number of carbonyl (C=O) groups excluding carboxylic acids is 1.